The van der Waals surface area contributed by atoms with E-state index in [0.717, 1.165) is 0 Å². The molecule has 2 aromatic carbocycles. The van der Waals surface area contributed by atoms with Gasteiger partial charge in [-0.3, -0.25) is 14.4 Å². The van der Waals surface area contributed by atoms with Gasteiger partial charge in [0.25, 0.3) is 0 Å². The van der Waals surface area contributed by atoms with Gasteiger partial charge in [-0.15, -0.1) is 0 Å². The van der Waals surface area contributed by atoms with Crippen LogP contribution in [-0.2, 0) is 14.4 Å². The quantitative estimate of drug-likeness (QED) is 0.829. The average Bonchev–Trinajstić information content (AvgIpc) is 3.09. The molecule has 1 fully saturated rings. The molecule has 2 aromatic rings. The van der Waals surface area contributed by atoms with Crippen molar-refractivity contribution < 1.29 is 23.9 Å². The van der Waals surface area contributed by atoms with Crippen molar-refractivity contribution in [2.24, 2.45) is 5.92 Å². The average molecular weight is 395 g/mol. The number of hydrogen-bond donors (Lipinski definition) is 2. The van der Waals surface area contributed by atoms with Gasteiger partial charge in [0.05, 0.1) is 5.92 Å². The normalized spacial score (nSPS) is 17.8. The van der Waals surface area contributed by atoms with E-state index in [0.29, 0.717) is 41.8 Å². The molecule has 150 valence electrons. The Bertz CT molecular complexity index is 975. The van der Waals surface area contributed by atoms with Gasteiger partial charge in [0.15, 0.2) is 11.5 Å². The molecule has 29 heavy (non-hydrogen) atoms. The first-order valence-corrected chi connectivity index (χ1v) is 9.38. The molecule has 1 saturated heterocycles. The van der Waals surface area contributed by atoms with Crippen LogP contribution in [0.1, 0.15) is 13.3 Å². The molecule has 0 saturated carbocycles. The largest absolute Gasteiger partial charge is 0.486 e. The van der Waals surface area contributed by atoms with Crippen LogP contribution in [0.2, 0.25) is 0 Å². The number of hydrogen-bond acceptors (Lipinski definition) is 5. The molecule has 0 spiro atoms. The molecule has 0 aliphatic carbocycles. The summed E-state index contributed by atoms with van der Waals surface area (Å²) in [5, 5.41) is 5.50. The second-order valence-corrected chi connectivity index (χ2v) is 6.98. The summed E-state index contributed by atoms with van der Waals surface area (Å²) in [6.45, 7) is 2.67. The van der Waals surface area contributed by atoms with E-state index in [1.54, 1.807) is 47.4 Å². The van der Waals surface area contributed by atoms with E-state index in [4.69, 9.17) is 9.47 Å². The summed E-state index contributed by atoms with van der Waals surface area (Å²) in [4.78, 5) is 38.0. The maximum absolute atomic E-state index is 12.7. The van der Waals surface area contributed by atoms with E-state index in [1.165, 1.54) is 6.92 Å². The van der Waals surface area contributed by atoms with E-state index in [1.807, 2.05) is 0 Å². The molecule has 3 amide bonds. The van der Waals surface area contributed by atoms with E-state index < -0.39 is 5.92 Å². The summed E-state index contributed by atoms with van der Waals surface area (Å²) < 4.78 is 11.1. The number of nitrogens with zero attached hydrogens (tertiary/aromatic N) is 1. The molecule has 4 rings (SSSR count). The van der Waals surface area contributed by atoms with Crippen molar-refractivity contribution in [1.82, 2.24) is 0 Å². The van der Waals surface area contributed by atoms with Gasteiger partial charge in [-0.1, -0.05) is 6.07 Å². The fraction of sp³-hybridized carbons (Fsp3) is 0.286. The lowest BCUT2D eigenvalue weighted by molar-refractivity contribution is -0.122. The van der Waals surface area contributed by atoms with Gasteiger partial charge in [0.2, 0.25) is 17.7 Å². The maximum Gasteiger partial charge on any atom is 0.229 e. The van der Waals surface area contributed by atoms with Crippen LogP contribution in [0.15, 0.2) is 42.5 Å². The Morgan fingerprint density at radius 1 is 1.00 bits per heavy atom. The van der Waals surface area contributed by atoms with Crippen LogP contribution in [0, 0.1) is 5.92 Å². The van der Waals surface area contributed by atoms with Gasteiger partial charge in [-0.05, 0) is 30.3 Å². The van der Waals surface area contributed by atoms with E-state index in [9.17, 15) is 14.4 Å². The highest BCUT2D eigenvalue weighted by Crippen LogP contribution is 2.36. The minimum absolute atomic E-state index is 0.117. The summed E-state index contributed by atoms with van der Waals surface area (Å²) in [5.41, 5.74) is 1.84. The number of ether oxygens (including phenoxy) is 2. The molecule has 2 aliphatic heterocycles. The molecule has 8 nitrogen and oxygen atoms in total. The number of carbonyl (C=O) groups excluding carboxylic acids is 3. The summed E-state index contributed by atoms with van der Waals surface area (Å²) >= 11 is 0. The first kappa shape index (κ1) is 18.8. The van der Waals surface area contributed by atoms with Crippen molar-refractivity contribution in [1.29, 1.82) is 0 Å². The topological polar surface area (TPSA) is 97.0 Å². The summed E-state index contributed by atoms with van der Waals surface area (Å²) in [5.74, 6) is 0.237. The Morgan fingerprint density at radius 3 is 2.48 bits per heavy atom. The van der Waals surface area contributed by atoms with Crippen LogP contribution in [0.3, 0.4) is 0 Å². The summed E-state index contributed by atoms with van der Waals surface area (Å²) in [6, 6.07) is 12.2. The van der Waals surface area contributed by atoms with Crippen LogP contribution in [0.5, 0.6) is 11.5 Å². The maximum atomic E-state index is 12.7. The predicted molar refractivity (Wildman–Crippen MR) is 107 cm³/mol. The minimum atomic E-state index is -0.472. The van der Waals surface area contributed by atoms with Crippen LogP contribution in [-0.4, -0.2) is 37.5 Å². The zero-order valence-corrected chi connectivity index (χ0v) is 15.9. The van der Waals surface area contributed by atoms with Crippen LogP contribution in [0.4, 0.5) is 17.1 Å². The standard InChI is InChI=1S/C21H21N3O5/c1-13(25)22-15-3-2-4-16(10-15)23-21(27)14-9-20(26)24(12-14)17-5-6-18-19(11-17)29-8-7-28-18/h2-6,10-11,14H,7-9,12H2,1H3,(H,22,25)(H,23,27)/t14-/m0/s1. The highest BCUT2D eigenvalue weighted by atomic mass is 16.6. The molecule has 2 heterocycles. The van der Waals surface area contributed by atoms with E-state index >= 15 is 0 Å². The van der Waals surface area contributed by atoms with Crippen molar-refractivity contribution in [3.8, 4) is 11.5 Å². The van der Waals surface area contributed by atoms with Crippen molar-refractivity contribution in [3.05, 3.63) is 42.5 Å². The zero-order chi connectivity index (χ0) is 20.4. The van der Waals surface area contributed by atoms with Gasteiger partial charge >= 0.3 is 0 Å². The first-order valence-electron chi connectivity index (χ1n) is 9.38. The number of fused-ring (bicyclic) bond motifs is 1. The van der Waals surface area contributed by atoms with Crippen molar-refractivity contribution in [3.63, 3.8) is 0 Å². The number of rotatable bonds is 4. The third-order valence-corrected chi connectivity index (χ3v) is 4.78. The van der Waals surface area contributed by atoms with Gasteiger partial charge in [-0.25, -0.2) is 0 Å². The molecule has 0 aromatic heterocycles. The molecule has 2 aliphatic rings. The Hall–Kier alpha value is -3.55. The number of anilines is 3. The lowest BCUT2D eigenvalue weighted by atomic mass is 10.1. The van der Waals surface area contributed by atoms with E-state index in [-0.39, 0.29) is 30.7 Å². The Labute approximate surface area is 167 Å². The van der Waals surface area contributed by atoms with Gasteiger partial charge in [0, 0.05) is 43.0 Å². The Kier molecular flexibility index (Phi) is 5.07. The lowest BCUT2D eigenvalue weighted by Gasteiger charge is -2.22. The SMILES string of the molecule is CC(=O)Nc1cccc(NC(=O)[C@H]2CC(=O)N(c3ccc4c(c3)OCCO4)C2)c1. The third kappa shape index (κ3) is 4.16. The highest BCUT2D eigenvalue weighted by Gasteiger charge is 2.35. The summed E-state index contributed by atoms with van der Waals surface area (Å²) in [6.07, 6.45) is 0.131. The van der Waals surface area contributed by atoms with Crippen molar-refractivity contribution >= 4 is 34.8 Å². The molecule has 0 bridgehead atoms. The molecule has 2 N–H and O–H groups in total. The second-order valence-electron chi connectivity index (χ2n) is 6.98. The molecular weight excluding hydrogens is 374 g/mol. The van der Waals surface area contributed by atoms with Crippen molar-refractivity contribution in [2.45, 2.75) is 13.3 Å². The predicted octanol–water partition coefficient (Wildman–Crippen LogP) is 2.41. The van der Waals surface area contributed by atoms with Crippen molar-refractivity contribution in [2.75, 3.05) is 35.3 Å². The lowest BCUT2D eigenvalue weighted by Crippen LogP contribution is -2.28. The zero-order valence-electron chi connectivity index (χ0n) is 15.9. The second kappa shape index (κ2) is 7.83. The molecule has 8 heteroatoms. The van der Waals surface area contributed by atoms with Gasteiger partial charge in [0.1, 0.15) is 13.2 Å². The molecule has 1 atom stereocenters. The molecule has 0 unspecified atom stereocenters. The number of benzene rings is 2. The molecular formula is C21H21N3O5. The number of amides is 3. The third-order valence-electron chi connectivity index (χ3n) is 4.78. The minimum Gasteiger partial charge on any atom is -0.486 e. The Balaban J connectivity index is 1.44. The van der Waals surface area contributed by atoms with Crippen LogP contribution in [0.25, 0.3) is 0 Å². The number of nitrogens with one attached hydrogen (secondary N) is 2. The van der Waals surface area contributed by atoms with Crippen LogP contribution < -0.4 is 25.0 Å². The molecule has 0 radical (unpaired) electrons. The fourth-order valence-electron chi connectivity index (χ4n) is 3.45. The number of carbonyl (C=O) groups is 3. The van der Waals surface area contributed by atoms with E-state index in [2.05, 4.69) is 10.6 Å². The fourth-order valence-corrected chi connectivity index (χ4v) is 3.45. The highest BCUT2D eigenvalue weighted by molar-refractivity contribution is 6.04. The monoisotopic (exact) mass is 395 g/mol. The Morgan fingerprint density at radius 2 is 1.72 bits per heavy atom. The first-order chi connectivity index (χ1) is 14.0. The van der Waals surface area contributed by atoms with Gasteiger partial charge in [-0.2, -0.15) is 0 Å². The smallest absolute Gasteiger partial charge is 0.229 e. The van der Waals surface area contributed by atoms with Crippen LogP contribution >= 0.6 is 0 Å². The summed E-state index contributed by atoms with van der Waals surface area (Å²) in [7, 11) is 0. The van der Waals surface area contributed by atoms with Gasteiger partial charge < -0.3 is 25.0 Å².